The van der Waals surface area contributed by atoms with E-state index in [1.54, 1.807) is 6.08 Å². The van der Waals surface area contributed by atoms with Crippen molar-refractivity contribution < 1.29 is 20.1 Å². The molecule has 0 spiro atoms. The highest BCUT2D eigenvalue weighted by Gasteiger charge is 2.19. The number of nitrogens with one attached hydrogen (secondary N) is 1. The molecule has 1 amide bonds. The van der Waals surface area contributed by atoms with Crippen LogP contribution in [0, 0.1) is 0 Å². The lowest BCUT2D eigenvalue weighted by molar-refractivity contribution is -0.124. The fourth-order valence-electron chi connectivity index (χ4n) is 4.23. The van der Waals surface area contributed by atoms with Gasteiger partial charge in [-0.15, -0.1) is 0 Å². The third kappa shape index (κ3) is 24.7. The average Bonchev–Trinajstić information content (AvgIpc) is 2.88. The summed E-state index contributed by atoms with van der Waals surface area (Å²) >= 11 is 0. The van der Waals surface area contributed by atoms with Crippen LogP contribution < -0.4 is 5.32 Å². The van der Waals surface area contributed by atoms with E-state index in [0.717, 1.165) is 51.4 Å². The Morgan fingerprint density at radius 3 is 1.78 bits per heavy atom. The van der Waals surface area contributed by atoms with Gasteiger partial charge in [-0.1, -0.05) is 108 Å². The minimum absolute atomic E-state index is 0.00629. The molecule has 0 saturated carbocycles. The number of aliphatic hydroxyl groups is 3. The maximum atomic E-state index is 12.2. The molecule has 4 N–H and O–H groups in total. The number of hydrogen-bond donors (Lipinski definition) is 4. The number of aliphatic hydroxyl groups excluding tert-OH is 3. The summed E-state index contributed by atoms with van der Waals surface area (Å²) in [6.45, 7) is 4.10. The standard InChI is InChI=1S/C32H59NO4/c1-3-5-7-9-11-13-15-16-18-20-22-24-26-31(36)30(28-34)33-32(37)27-29(35)25-23-21-19-17-14-12-10-8-6-4-2/h12,14,16,18,24,26,29-31,34-36H,3-11,13,15,17,19-23,25,27-28H2,1-2H3,(H,33,37)/b14-12-,18-16+,26-24+. The molecule has 5 heteroatoms. The van der Waals surface area contributed by atoms with E-state index in [2.05, 4.69) is 43.5 Å². The molecular weight excluding hydrogens is 462 g/mol. The molecule has 0 aliphatic rings. The second-order valence-corrected chi connectivity index (χ2v) is 10.3. The number of hydrogen-bond acceptors (Lipinski definition) is 4. The van der Waals surface area contributed by atoms with Gasteiger partial charge in [0.05, 0.1) is 31.3 Å². The summed E-state index contributed by atoms with van der Waals surface area (Å²) < 4.78 is 0. The van der Waals surface area contributed by atoms with Crippen molar-refractivity contribution >= 4 is 5.91 Å². The normalized spacial score (nSPS) is 14.6. The van der Waals surface area contributed by atoms with Gasteiger partial charge < -0.3 is 20.6 Å². The number of unbranched alkanes of at least 4 members (excludes halogenated alkanes) is 13. The first-order valence-corrected chi connectivity index (χ1v) is 15.3. The largest absolute Gasteiger partial charge is 0.394 e. The molecule has 0 fully saturated rings. The van der Waals surface area contributed by atoms with Crippen LogP contribution in [0.3, 0.4) is 0 Å². The Morgan fingerprint density at radius 1 is 0.676 bits per heavy atom. The van der Waals surface area contributed by atoms with Gasteiger partial charge in [0.1, 0.15) is 0 Å². The number of carbonyl (C=O) groups is 1. The van der Waals surface area contributed by atoms with Crippen molar-refractivity contribution in [2.75, 3.05) is 6.61 Å². The van der Waals surface area contributed by atoms with Crippen molar-refractivity contribution in [3.8, 4) is 0 Å². The second-order valence-electron chi connectivity index (χ2n) is 10.3. The first-order valence-electron chi connectivity index (χ1n) is 15.3. The fourth-order valence-corrected chi connectivity index (χ4v) is 4.23. The van der Waals surface area contributed by atoms with Gasteiger partial charge >= 0.3 is 0 Å². The summed E-state index contributed by atoms with van der Waals surface area (Å²) in [5.74, 6) is -0.341. The number of allylic oxidation sites excluding steroid dienone is 5. The summed E-state index contributed by atoms with van der Waals surface area (Å²) in [5, 5.41) is 32.7. The van der Waals surface area contributed by atoms with Gasteiger partial charge in [0.15, 0.2) is 0 Å². The monoisotopic (exact) mass is 521 g/mol. The number of rotatable bonds is 26. The van der Waals surface area contributed by atoms with E-state index in [-0.39, 0.29) is 18.9 Å². The lowest BCUT2D eigenvalue weighted by Crippen LogP contribution is -2.45. The second kappa shape index (κ2) is 27.6. The van der Waals surface area contributed by atoms with Crippen molar-refractivity contribution in [3.05, 3.63) is 36.5 Å². The molecule has 0 aliphatic heterocycles. The van der Waals surface area contributed by atoms with Crippen LogP contribution in [0.5, 0.6) is 0 Å². The molecule has 3 atom stereocenters. The lowest BCUT2D eigenvalue weighted by Gasteiger charge is -2.20. The first-order chi connectivity index (χ1) is 18.0. The van der Waals surface area contributed by atoms with Crippen LogP contribution in [-0.2, 0) is 4.79 Å². The van der Waals surface area contributed by atoms with Crippen molar-refractivity contribution in [3.63, 3.8) is 0 Å². The van der Waals surface area contributed by atoms with E-state index >= 15 is 0 Å². The molecule has 0 aromatic rings. The zero-order valence-electron chi connectivity index (χ0n) is 24.1. The van der Waals surface area contributed by atoms with Crippen LogP contribution in [0.15, 0.2) is 36.5 Å². The Labute approximate surface area is 228 Å². The Kier molecular flexibility index (Phi) is 26.5. The maximum absolute atomic E-state index is 12.2. The molecule has 0 heterocycles. The Bertz CT molecular complexity index is 587. The molecule has 5 nitrogen and oxygen atoms in total. The Hall–Kier alpha value is -1.43. The molecule has 0 radical (unpaired) electrons. The molecule has 0 aromatic heterocycles. The van der Waals surface area contributed by atoms with Crippen LogP contribution in [-0.4, -0.2) is 46.1 Å². The van der Waals surface area contributed by atoms with E-state index in [0.29, 0.717) is 6.42 Å². The Morgan fingerprint density at radius 2 is 1.16 bits per heavy atom. The van der Waals surface area contributed by atoms with Crippen LogP contribution in [0.25, 0.3) is 0 Å². The fraction of sp³-hybridized carbons (Fsp3) is 0.781. The van der Waals surface area contributed by atoms with Gasteiger partial charge in [-0.25, -0.2) is 0 Å². The van der Waals surface area contributed by atoms with Gasteiger partial charge in [-0.05, 0) is 57.8 Å². The molecule has 3 unspecified atom stereocenters. The Balaban J connectivity index is 3.92. The third-order valence-electron chi connectivity index (χ3n) is 6.65. The molecule has 37 heavy (non-hydrogen) atoms. The highest BCUT2D eigenvalue weighted by atomic mass is 16.3. The van der Waals surface area contributed by atoms with Gasteiger partial charge in [0.2, 0.25) is 5.91 Å². The van der Waals surface area contributed by atoms with Crippen LogP contribution >= 0.6 is 0 Å². The first kappa shape index (κ1) is 35.6. The van der Waals surface area contributed by atoms with Crippen LogP contribution in [0.1, 0.15) is 136 Å². The minimum atomic E-state index is -0.951. The van der Waals surface area contributed by atoms with Gasteiger partial charge in [0, 0.05) is 0 Å². The molecular formula is C32H59NO4. The predicted molar refractivity (Wildman–Crippen MR) is 158 cm³/mol. The van der Waals surface area contributed by atoms with Crippen molar-refractivity contribution in [1.82, 2.24) is 5.32 Å². The molecule has 216 valence electrons. The van der Waals surface area contributed by atoms with Gasteiger partial charge in [0.25, 0.3) is 0 Å². The summed E-state index contributed by atoms with van der Waals surface area (Å²) in [6, 6.07) is -0.761. The number of amides is 1. The highest BCUT2D eigenvalue weighted by Crippen LogP contribution is 2.10. The van der Waals surface area contributed by atoms with E-state index < -0.39 is 18.2 Å². The zero-order valence-corrected chi connectivity index (χ0v) is 24.1. The van der Waals surface area contributed by atoms with Crippen molar-refractivity contribution in [2.45, 2.75) is 154 Å². The summed E-state index contributed by atoms with van der Waals surface area (Å²) in [6.07, 6.45) is 31.2. The van der Waals surface area contributed by atoms with Gasteiger partial charge in [-0.3, -0.25) is 4.79 Å². The summed E-state index contributed by atoms with van der Waals surface area (Å²) in [5.41, 5.74) is 0. The molecule has 0 aliphatic carbocycles. The van der Waals surface area contributed by atoms with Crippen molar-refractivity contribution in [2.24, 2.45) is 0 Å². The molecule has 0 rings (SSSR count). The van der Waals surface area contributed by atoms with Crippen LogP contribution in [0.4, 0.5) is 0 Å². The maximum Gasteiger partial charge on any atom is 0.222 e. The highest BCUT2D eigenvalue weighted by molar-refractivity contribution is 5.76. The quantitative estimate of drug-likeness (QED) is 0.0710. The number of carbonyl (C=O) groups excluding carboxylic acids is 1. The van der Waals surface area contributed by atoms with E-state index in [4.69, 9.17) is 0 Å². The summed E-state index contributed by atoms with van der Waals surface area (Å²) in [7, 11) is 0. The van der Waals surface area contributed by atoms with Crippen LogP contribution in [0.2, 0.25) is 0 Å². The van der Waals surface area contributed by atoms with E-state index in [9.17, 15) is 20.1 Å². The average molecular weight is 522 g/mol. The lowest BCUT2D eigenvalue weighted by atomic mass is 10.1. The third-order valence-corrected chi connectivity index (χ3v) is 6.65. The SMILES string of the molecule is CCCCC/C=C\CCCCCC(O)CC(=O)NC(CO)C(O)/C=C/CC/C=C/CCCCCCCC. The minimum Gasteiger partial charge on any atom is -0.394 e. The molecule has 0 aromatic carbocycles. The van der Waals surface area contributed by atoms with E-state index in [1.807, 2.05) is 6.08 Å². The zero-order chi connectivity index (χ0) is 27.4. The summed E-state index contributed by atoms with van der Waals surface area (Å²) in [4.78, 5) is 12.2. The smallest absolute Gasteiger partial charge is 0.222 e. The van der Waals surface area contributed by atoms with Crippen molar-refractivity contribution in [1.29, 1.82) is 0 Å². The molecule has 0 bridgehead atoms. The topological polar surface area (TPSA) is 89.8 Å². The molecule has 0 saturated heterocycles. The van der Waals surface area contributed by atoms with Gasteiger partial charge in [-0.2, -0.15) is 0 Å². The predicted octanol–water partition coefficient (Wildman–Crippen LogP) is 7.31. The van der Waals surface area contributed by atoms with E-state index in [1.165, 1.54) is 57.8 Å².